The first-order chi connectivity index (χ1) is 15.3. The Hall–Kier alpha value is -3.03. The molecule has 8 nitrogen and oxygen atoms in total. The van der Waals surface area contributed by atoms with E-state index < -0.39 is 36.8 Å². The summed E-state index contributed by atoms with van der Waals surface area (Å²) in [6.45, 7) is 6.40. The Labute approximate surface area is 192 Å². The van der Waals surface area contributed by atoms with Crippen molar-refractivity contribution in [1.29, 1.82) is 10.7 Å². The predicted octanol–water partition coefficient (Wildman–Crippen LogP) is 3.42. The lowest BCUT2D eigenvalue weighted by atomic mass is 9.78. The summed E-state index contributed by atoms with van der Waals surface area (Å²) >= 11 is 0. The van der Waals surface area contributed by atoms with Gasteiger partial charge in [-0.2, -0.15) is 5.26 Å². The minimum atomic E-state index is -3.91. The number of nitrogens with one attached hydrogen (secondary N) is 2. The van der Waals surface area contributed by atoms with Crippen LogP contribution >= 0.6 is 0 Å². The summed E-state index contributed by atoms with van der Waals surface area (Å²) in [6.07, 6.45) is 1.54. The molecule has 2 N–H and O–H groups in total. The number of rotatable bonds is 3. The van der Waals surface area contributed by atoms with Crippen LogP contribution in [0.15, 0.2) is 36.5 Å². The standard InChI is InChI=1S/C23H25FN4O4S/c1-21(2)11-18-23(13-31-21,28-20(26)22(3,4)33(18,29)30)16-10-15(5-6-17(16)24)32-19-9-14(12-25)7-8-27-19/h5-10,18H,11,13H2,1-4H3,(H2,26,28)/t18-,23-/m1/s1. The first-order valence-corrected chi connectivity index (χ1v) is 12.0. The van der Waals surface area contributed by atoms with E-state index in [2.05, 4.69) is 10.3 Å². The Kier molecular flexibility index (Phi) is 5.26. The Morgan fingerprint density at radius 3 is 2.70 bits per heavy atom. The number of hydrogen-bond donors (Lipinski definition) is 2. The molecule has 10 heteroatoms. The fourth-order valence-corrected chi connectivity index (χ4v) is 6.78. The van der Waals surface area contributed by atoms with Crippen LogP contribution in [0, 0.1) is 22.6 Å². The van der Waals surface area contributed by atoms with Crippen LogP contribution in [0.1, 0.15) is 45.2 Å². The van der Waals surface area contributed by atoms with E-state index in [1.807, 2.05) is 6.07 Å². The molecule has 33 heavy (non-hydrogen) atoms. The monoisotopic (exact) mass is 472 g/mol. The number of halogens is 1. The molecule has 2 aliphatic heterocycles. The van der Waals surface area contributed by atoms with Crippen LogP contribution in [0.5, 0.6) is 11.6 Å². The van der Waals surface area contributed by atoms with Gasteiger partial charge >= 0.3 is 0 Å². The van der Waals surface area contributed by atoms with Gasteiger partial charge in [0.05, 0.1) is 29.1 Å². The Morgan fingerprint density at radius 2 is 2.00 bits per heavy atom. The summed E-state index contributed by atoms with van der Waals surface area (Å²) in [6, 6.07) is 8.94. The largest absolute Gasteiger partial charge is 0.439 e. The van der Waals surface area contributed by atoms with Crippen molar-refractivity contribution in [3.05, 3.63) is 53.5 Å². The maximum atomic E-state index is 15.3. The summed E-state index contributed by atoms with van der Waals surface area (Å²) in [7, 11) is -3.91. The zero-order valence-corrected chi connectivity index (χ0v) is 19.6. The first kappa shape index (κ1) is 23.1. The summed E-state index contributed by atoms with van der Waals surface area (Å²) in [5.41, 5.74) is -1.88. The lowest BCUT2D eigenvalue weighted by Gasteiger charge is -2.55. The molecule has 0 amide bonds. The van der Waals surface area contributed by atoms with Crippen molar-refractivity contribution >= 4 is 15.7 Å². The van der Waals surface area contributed by atoms with E-state index >= 15 is 4.39 Å². The van der Waals surface area contributed by atoms with Crippen molar-refractivity contribution in [2.45, 2.75) is 55.3 Å². The zero-order valence-electron chi connectivity index (χ0n) is 18.8. The number of nitriles is 1. The number of nitrogens with zero attached hydrogens (tertiary/aromatic N) is 2. The molecule has 3 heterocycles. The number of fused-ring (bicyclic) bond motifs is 1. The molecular formula is C23H25FN4O4S. The van der Waals surface area contributed by atoms with Crippen LogP contribution in [0.4, 0.5) is 4.39 Å². The van der Waals surface area contributed by atoms with Crippen molar-refractivity contribution in [2.75, 3.05) is 6.61 Å². The van der Waals surface area contributed by atoms with E-state index in [0.717, 1.165) is 0 Å². The molecule has 2 aromatic rings. The molecule has 2 fully saturated rings. The van der Waals surface area contributed by atoms with Gasteiger partial charge in [0.15, 0.2) is 9.84 Å². The van der Waals surface area contributed by atoms with Gasteiger partial charge in [-0.05, 0) is 58.4 Å². The second-order valence-corrected chi connectivity index (χ2v) is 12.2. The van der Waals surface area contributed by atoms with Crippen molar-refractivity contribution in [3.63, 3.8) is 0 Å². The predicted molar refractivity (Wildman–Crippen MR) is 119 cm³/mol. The molecule has 174 valence electrons. The molecule has 0 saturated carbocycles. The first-order valence-electron chi connectivity index (χ1n) is 10.4. The minimum absolute atomic E-state index is 0.0285. The molecule has 2 aliphatic rings. The van der Waals surface area contributed by atoms with E-state index in [1.54, 1.807) is 13.8 Å². The van der Waals surface area contributed by atoms with Gasteiger partial charge in [-0.25, -0.2) is 17.8 Å². The number of ether oxygens (including phenoxy) is 2. The summed E-state index contributed by atoms with van der Waals surface area (Å²) in [5.74, 6) is -0.525. The molecule has 0 spiro atoms. The van der Waals surface area contributed by atoms with Crippen molar-refractivity contribution in [2.24, 2.45) is 0 Å². The van der Waals surface area contributed by atoms with Crippen molar-refractivity contribution in [3.8, 4) is 17.7 Å². The summed E-state index contributed by atoms with van der Waals surface area (Å²) < 4.78 is 52.9. The number of sulfone groups is 1. The van der Waals surface area contributed by atoms with E-state index in [-0.39, 0.29) is 36.1 Å². The number of hydrogen-bond acceptors (Lipinski definition) is 7. The van der Waals surface area contributed by atoms with Gasteiger partial charge in [-0.1, -0.05) is 0 Å². The maximum Gasteiger partial charge on any atom is 0.220 e. The lowest BCUT2D eigenvalue weighted by molar-refractivity contribution is -0.0919. The smallest absolute Gasteiger partial charge is 0.220 e. The van der Waals surface area contributed by atoms with Crippen LogP contribution in [0.25, 0.3) is 0 Å². The lowest BCUT2D eigenvalue weighted by Crippen LogP contribution is -2.74. The molecule has 1 aromatic carbocycles. The van der Waals surface area contributed by atoms with Gasteiger partial charge in [0.25, 0.3) is 0 Å². The number of aromatic nitrogens is 1. The quantitative estimate of drug-likeness (QED) is 0.701. The fraction of sp³-hybridized carbons (Fsp3) is 0.435. The molecule has 0 radical (unpaired) electrons. The molecule has 0 aliphatic carbocycles. The van der Waals surface area contributed by atoms with Crippen molar-refractivity contribution in [1.82, 2.24) is 10.3 Å². The van der Waals surface area contributed by atoms with E-state index in [1.165, 1.54) is 50.4 Å². The third-order valence-corrected chi connectivity index (χ3v) is 9.40. The Bertz CT molecular complexity index is 1290. The van der Waals surface area contributed by atoms with Crippen LogP contribution in [0.2, 0.25) is 0 Å². The maximum absolute atomic E-state index is 15.3. The number of benzene rings is 1. The Morgan fingerprint density at radius 1 is 1.27 bits per heavy atom. The Balaban J connectivity index is 1.84. The molecule has 4 rings (SSSR count). The van der Waals surface area contributed by atoms with Gasteiger partial charge in [-0.3, -0.25) is 5.41 Å². The van der Waals surface area contributed by atoms with Crippen molar-refractivity contribution < 1.29 is 22.3 Å². The number of pyridine rings is 1. The highest BCUT2D eigenvalue weighted by molar-refractivity contribution is 7.94. The molecule has 2 atom stereocenters. The number of amidine groups is 1. The third-order valence-electron chi connectivity index (χ3n) is 6.46. The zero-order chi connectivity index (χ0) is 24.2. The molecule has 2 saturated heterocycles. The van der Waals surface area contributed by atoms with E-state index in [0.29, 0.717) is 5.56 Å². The fourth-order valence-electron chi connectivity index (χ4n) is 4.33. The van der Waals surface area contributed by atoms with Gasteiger partial charge in [-0.15, -0.1) is 0 Å². The SMILES string of the molecule is CC1(C)C[C@@H]2[C@](c3cc(Oc4cc(C#N)ccn4)ccc3F)(CO1)NC(=N)C(C)(C)S2(=O)=O. The molecule has 0 unspecified atom stereocenters. The molecule has 0 bridgehead atoms. The van der Waals surface area contributed by atoms with Crippen LogP contribution in [0.3, 0.4) is 0 Å². The van der Waals surface area contributed by atoms with Gasteiger partial charge in [0.1, 0.15) is 27.7 Å². The average molecular weight is 473 g/mol. The highest BCUT2D eigenvalue weighted by atomic mass is 32.2. The highest BCUT2D eigenvalue weighted by Crippen LogP contribution is 2.48. The summed E-state index contributed by atoms with van der Waals surface area (Å²) in [5, 5.41) is 19.5. The van der Waals surface area contributed by atoms with Crippen LogP contribution in [-0.4, -0.2) is 41.4 Å². The van der Waals surface area contributed by atoms with Crippen LogP contribution < -0.4 is 10.1 Å². The van der Waals surface area contributed by atoms with Gasteiger partial charge < -0.3 is 14.8 Å². The summed E-state index contributed by atoms with van der Waals surface area (Å²) in [4.78, 5) is 4.06. The highest BCUT2D eigenvalue weighted by Gasteiger charge is 2.63. The third kappa shape index (κ3) is 3.65. The van der Waals surface area contributed by atoms with Gasteiger partial charge in [0, 0.05) is 17.8 Å². The normalized spacial score (nSPS) is 27.0. The van der Waals surface area contributed by atoms with Gasteiger partial charge in [0.2, 0.25) is 5.88 Å². The molecular weight excluding hydrogens is 447 g/mol. The van der Waals surface area contributed by atoms with E-state index in [4.69, 9.17) is 20.1 Å². The minimum Gasteiger partial charge on any atom is -0.439 e. The molecule has 1 aromatic heterocycles. The topological polar surface area (TPSA) is 125 Å². The average Bonchev–Trinajstić information content (AvgIpc) is 2.75. The second-order valence-electron chi connectivity index (χ2n) is 9.51. The second kappa shape index (κ2) is 7.50. The van der Waals surface area contributed by atoms with Crippen LogP contribution in [-0.2, 0) is 20.1 Å². The van der Waals surface area contributed by atoms with E-state index in [9.17, 15) is 8.42 Å².